The minimum Gasteiger partial charge on any atom is -0.493 e. The van der Waals surface area contributed by atoms with Crippen LogP contribution in [0.2, 0.25) is 0 Å². The van der Waals surface area contributed by atoms with Crippen LogP contribution in [0.4, 0.5) is 5.69 Å². The molecule has 1 atom stereocenters. The number of carbonyl (C=O) groups is 2. The molecule has 168 valence electrons. The molecule has 1 N–H and O–H groups in total. The molecule has 1 saturated carbocycles. The van der Waals surface area contributed by atoms with E-state index in [2.05, 4.69) is 15.2 Å². The smallest absolute Gasteiger partial charge is 0.253 e. The monoisotopic (exact) mass is 434 g/mol. The summed E-state index contributed by atoms with van der Waals surface area (Å²) < 4.78 is 5.79. The van der Waals surface area contributed by atoms with Crippen molar-refractivity contribution in [3.8, 4) is 5.75 Å². The number of carbonyl (C=O) groups excluding carboxylic acids is 2. The van der Waals surface area contributed by atoms with Gasteiger partial charge in [-0.2, -0.15) is 0 Å². The van der Waals surface area contributed by atoms with Crippen LogP contribution in [0.15, 0.2) is 42.7 Å². The Bertz CT molecular complexity index is 984. The SMILES string of the molecule is CN(C(=O)c1ccc2c(c1)C(NC(=O)C1CC1)CCO2)C1CCN(c2ccncc2)CC1. The fraction of sp³-hybridized carbons (Fsp3) is 0.480. The van der Waals surface area contributed by atoms with Crippen LogP contribution in [0.3, 0.4) is 0 Å². The van der Waals surface area contributed by atoms with E-state index in [9.17, 15) is 9.59 Å². The van der Waals surface area contributed by atoms with Crippen LogP contribution in [0.5, 0.6) is 5.75 Å². The zero-order valence-corrected chi connectivity index (χ0v) is 18.5. The number of anilines is 1. The lowest BCUT2D eigenvalue weighted by atomic mass is 9.96. The first-order chi connectivity index (χ1) is 15.6. The van der Waals surface area contributed by atoms with Crippen LogP contribution in [-0.4, -0.2) is 54.5 Å². The molecule has 3 aliphatic rings. The standard InChI is InChI=1S/C25H30N4O3/c1-28(19-8-13-29(14-9-19)20-6-11-26-12-7-20)25(31)18-4-5-23-21(16-18)22(10-15-32-23)27-24(30)17-2-3-17/h4-7,11-12,16-17,19,22H,2-3,8-10,13-15H2,1H3,(H,27,30). The number of rotatable bonds is 5. The molecule has 5 rings (SSSR count). The number of piperidine rings is 1. The van der Waals surface area contributed by atoms with E-state index in [1.807, 2.05) is 54.7 Å². The van der Waals surface area contributed by atoms with E-state index in [4.69, 9.17) is 4.74 Å². The van der Waals surface area contributed by atoms with E-state index < -0.39 is 0 Å². The molecule has 1 aromatic carbocycles. The van der Waals surface area contributed by atoms with Crippen LogP contribution in [-0.2, 0) is 4.79 Å². The van der Waals surface area contributed by atoms with Crippen LogP contribution >= 0.6 is 0 Å². The van der Waals surface area contributed by atoms with Crippen molar-refractivity contribution < 1.29 is 14.3 Å². The summed E-state index contributed by atoms with van der Waals surface area (Å²) in [7, 11) is 1.90. The maximum Gasteiger partial charge on any atom is 0.253 e. The molecule has 32 heavy (non-hydrogen) atoms. The fourth-order valence-electron chi connectivity index (χ4n) is 4.75. The van der Waals surface area contributed by atoms with Gasteiger partial charge in [0.15, 0.2) is 0 Å². The van der Waals surface area contributed by atoms with Gasteiger partial charge in [-0.3, -0.25) is 14.6 Å². The van der Waals surface area contributed by atoms with E-state index in [-0.39, 0.29) is 29.8 Å². The molecular weight excluding hydrogens is 404 g/mol. The van der Waals surface area contributed by atoms with Crippen molar-refractivity contribution in [3.05, 3.63) is 53.9 Å². The molecule has 0 bridgehead atoms. The van der Waals surface area contributed by atoms with E-state index in [1.165, 1.54) is 5.69 Å². The van der Waals surface area contributed by atoms with Crippen molar-refractivity contribution in [3.63, 3.8) is 0 Å². The first-order valence-corrected chi connectivity index (χ1v) is 11.6. The summed E-state index contributed by atoms with van der Waals surface area (Å²) in [5.74, 6) is 1.07. The van der Waals surface area contributed by atoms with Crippen LogP contribution in [0.1, 0.15) is 54.1 Å². The average Bonchev–Trinajstić information content (AvgIpc) is 3.69. The Morgan fingerprint density at radius 2 is 1.81 bits per heavy atom. The summed E-state index contributed by atoms with van der Waals surface area (Å²) in [5.41, 5.74) is 2.75. The largest absolute Gasteiger partial charge is 0.493 e. The first-order valence-electron chi connectivity index (χ1n) is 11.6. The third kappa shape index (κ3) is 4.29. The molecule has 3 heterocycles. The van der Waals surface area contributed by atoms with Crippen molar-refractivity contribution in [1.29, 1.82) is 0 Å². The maximum absolute atomic E-state index is 13.3. The van der Waals surface area contributed by atoms with Gasteiger partial charge in [0.1, 0.15) is 5.75 Å². The Hall–Kier alpha value is -3.09. The number of nitrogens with one attached hydrogen (secondary N) is 1. The lowest BCUT2D eigenvalue weighted by Crippen LogP contribution is -2.45. The summed E-state index contributed by atoms with van der Waals surface area (Å²) in [4.78, 5) is 33.9. The second kappa shape index (κ2) is 8.81. The first kappa shape index (κ1) is 20.8. The van der Waals surface area contributed by atoms with E-state index >= 15 is 0 Å². The van der Waals surface area contributed by atoms with Gasteiger partial charge in [0.25, 0.3) is 5.91 Å². The normalized spacial score (nSPS) is 20.8. The molecule has 1 unspecified atom stereocenters. The summed E-state index contributed by atoms with van der Waals surface area (Å²) in [6.07, 6.45) is 8.18. The second-order valence-corrected chi connectivity index (χ2v) is 9.06. The molecule has 0 spiro atoms. The minimum atomic E-state index is -0.0893. The topological polar surface area (TPSA) is 74.8 Å². The van der Waals surface area contributed by atoms with Gasteiger partial charge in [0.2, 0.25) is 5.91 Å². The zero-order valence-electron chi connectivity index (χ0n) is 18.5. The number of hydrogen-bond acceptors (Lipinski definition) is 5. The molecule has 2 aliphatic heterocycles. The number of aromatic nitrogens is 1. The Balaban J connectivity index is 1.25. The van der Waals surface area contributed by atoms with Crippen molar-refractivity contribution in [2.75, 3.05) is 31.6 Å². The fourth-order valence-corrected chi connectivity index (χ4v) is 4.75. The summed E-state index contributed by atoms with van der Waals surface area (Å²) in [6, 6.07) is 9.81. The Labute approximate surface area is 188 Å². The van der Waals surface area contributed by atoms with Crippen LogP contribution in [0, 0.1) is 5.92 Å². The van der Waals surface area contributed by atoms with Crippen LogP contribution in [0.25, 0.3) is 0 Å². The van der Waals surface area contributed by atoms with Crippen molar-refractivity contribution in [2.24, 2.45) is 5.92 Å². The van der Waals surface area contributed by atoms with Gasteiger partial charge >= 0.3 is 0 Å². The quantitative estimate of drug-likeness (QED) is 0.782. The summed E-state index contributed by atoms with van der Waals surface area (Å²) in [6.45, 7) is 2.41. The number of benzene rings is 1. The highest BCUT2D eigenvalue weighted by molar-refractivity contribution is 5.95. The number of fused-ring (bicyclic) bond motifs is 1. The summed E-state index contributed by atoms with van der Waals surface area (Å²) in [5, 5.41) is 3.16. The van der Waals surface area contributed by atoms with E-state index in [0.29, 0.717) is 12.2 Å². The molecule has 1 aromatic heterocycles. The molecule has 2 aromatic rings. The highest BCUT2D eigenvalue weighted by Crippen LogP contribution is 2.35. The zero-order chi connectivity index (χ0) is 22.1. The Morgan fingerprint density at radius 1 is 1.06 bits per heavy atom. The maximum atomic E-state index is 13.3. The highest BCUT2D eigenvalue weighted by Gasteiger charge is 2.33. The molecular formula is C25H30N4O3. The molecule has 7 heteroatoms. The average molecular weight is 435 g/mol. The molecule has 2 amide bonds. The Morgan fingerprint density at radius 3 is 2.53 bits per heavy atom. The highest BCUT2D eigenvalue weighted by atomic mass is 16.5. The van der Waals surface area contributed by atoms with Gasteiger partial charge in [-0.15, -0.1) is 0 Å². The molecule has 7 nitrogen and oxygen atoms in total. The minimum absolute atomic E-state index is 0.0213. The third-order valence-corrected chi connectivity index (χ3v) is 6.92. The van der Waals surface area contributed by atoms with Gasteiger partial charge < -0.3 is 19.9 Å². The molecule has 1 aliphatic carbocycles. The van der Waals surface area contributed by atoms with Gasteiger partial charge in [0.05, 0.1) is 12.6 Å². The molecule has 2 fully saturated rings. The number of nitrogens with zero attached hydrogens (tertiary/aromatic N) is 3. The lowest BCUT2D eigenvalue weighted by molar-refractivity contribution is -0.123. The van der Waals surface area contributed by atoms with Crippen LogP contribution < -0.4 is 15.0 Å². The number of ether oxygens (including phenoxy) is 1. The number of hydrogen-bond donors (Lipinski definition) is 1. The predicted molar refractivity (Wildman–Crippen MR) is 122 cm³/mol. The van der Waals surface area contributed by atoms with E-state index in [1.54, 1.807) is 0 Å². The van der Waals surface area contributed by atoms with Crippen molar-refractivity contribution in [1.82, 2.24) is 15.2 Å². The van der Waals surface area contributed by atoms with E-state index in [0.717, 1.165) is 56.5 Å². The lowest BCUT2D eigenvalue weighted by Gasteiger charge is -2.38. The van der Waals surface area contributed by atoms with Crippen molar-refractivity contribution in [2.45, 2.75) is 44.2 Å². The van der Waals surface area contributed by atoms with Crippen molar-refractivity contribution >= 4 is 17.5 Å². The molecule has 1 saturated heterocycles. The molecule has 0 radical (unpaired) electrons. The Kier molecular flexibility index (Phi) is 5.72. The number of amides is 2. The van der Waals surface area contributed by atoms with Gasteiger partial charge in [-0.25, -0.2) is 0 Å². The van der Waals surface area contributed by atoms with Gasteiger partial charge in [-0.1, -0.05) is 0 Å². The second-order valence-electron chi connectivity index (χ2n) is 9.06. The summed E-state index contributed by atoms with van der Waals surface area (Å²) >= 11 is 0. The van der Waals surface area contributed by atoms with Gasteiger partial charge in [-0.05, 0) is 56.0 Å². The van der Waals surface area contributed by atoms with Gasteiger partial charge in [0, 0.05) is 67.7 Å². The predicted octanol–water partition coefficient (Wildman–Crippen LogP) is 3.17. The number of pyridine rings is 1. The third-order valence-electron chi connectivity index (χ3n) is 6.92.